The maximum Gasteiger partial charge on any atom is 0.186 e. The number of benzene rings is 1. The summed E-state index contributed by atoms with van der Waals surface area (Å²) in [4.78, 5) is 23.1. The molecule has 5 nitrogen and oxygen atoms in total. The second-order valence-electron chi connectivity index (χ2n) is 6.26. The molecule has 4 rings (SSSR count). The summed E-state index contributed by atoms with van der Waals surface area (Å²) in [6.45, 7) is 2.45. The molecule has 0 aliphatic carbocycles. The Kier molecular flexibility index (Phi) is 5.55. The van der Waals surface area contributed by atoms with Gasteiger partial charge in [-0.25, -0.2) is 9.37 Å². The highest BCUT2D eigenvalue weighted by atomic mass is 32.1. The Hall–Kier alpha value is -2.90. The van der Waals surface area contributed by atoms with E-state index in [1.165, 1.54) is 23.5 Å². The first-order valence-electron chi connectivity index (χ1n) is 8.92. The summed E-state index contributed by atoms with van der Waals surface area (Å²) in [5, 5.41) is 2.64. The second-order valence-corrected chi connectivity index (χ2v) is 7.11. The van der Waals surface area contributed by atoms with Gasteiger partial charge in [0, 0.05) is 30.2 Å². The molecule has 1 aliphatic heterocycles. The van der Waals surface area contributed by atoms with Crippen molar-refractivity contribution in [3.63, 3.8) is 0 Å². The first kappa shape index (κ1) is 18.5. The number of halogens is 1. The molecule has 1 aromatic carbocycles. The van der Waals surface area contributed by atoms with Crippen LogP contribution in [0.15, 0.2) is 54.1 Å². The van der Waals surface area contributed by atoms with Gasteiger partial charge >= 0.3 is 0 Å². The number of ketones is 1. The molecule has 0 unspecified atom stereocenters. The van der Waals surface area contributed by atoms with E-state index in [-0.39, 0.29) is 5.78 Å². The van der Waals surface area contributed by atoms with Crippen LogP contribution in [0.1, 0.15) is 16.1 Å². The van der Waals surface area contributed by atoms with Gasteiger partial charge in [-0.2, -0.15) is 0 Å². The average molecular weight is 395 g/mol. The molecule has 7 heteroatoms. The van der Waals surface area contributed by atoms with Gasteiger partial charge in [0.15, 0.2) is 5.78 Å². The molecule has 1 aliphatic rings. The number of aromatic nitrogens is 2. The van der Waals surface area contributed by atoms with E-state index in [4.69, 9.17) is 4.74 Å². The Balaban J connectivity index is 1.46. The Labute approximate surface area is 166 Å². The second kappa shape index (κ2) is 8.41. The van der Waals surface area contributed by atoms with Crippen LogP contribution in [0.4, 0.5) is 10.1 Å². The van der Waals surface area contributed by atoms with Gasteiger partial charge in [-0.3, -0.25) is 9.78 Å². The number of hydrogen-bond donors (Lipinski definition) is 0. The van der Waals surface area contributed by atoms with Crippen molar-refractivity contribution in [2.24, 2.45) is 0 Å². The lowest BCUT2D eigenvalue weighted by atomic mass is 10.1. The topological polar surface area (TPSA) is 55.3 Å². The van der Waals surface area contributed by atoms with E-state index in [2.05, 4.69) is 9.97 Å². The molecule has 3 heterocycles. The zero-order chi connectivity index (χ0) is 19.3. The van der Waals surface area contributed by atoms with Gasteiger partial charge in [0.1, 0.15) is 10.8 Å². The van der Waals surface area contributed by atoms with Crippen LogP contribution in [0.25, 0.3) is 16.8 Å². The van der Waals surface area contributed by atoms with Crippen LogP contribution in [0.3, 0.4) is 0 Å². The highest BCUT2D eigenvalue weighted by molar-refractivity contribution is 7.13. The monoisotopic (exact) mass is 395 g/mol. The lowest BCUT2D eigenvalue weighted by molar-refractivity contribution is 0.104. The van der Waals surface area contributed by atoms with Crippen LogP contribution >= 0.6 is 11.3 Å². The molecule has 2 aromatic heterocycles. The smallest absolute Gasteiger partial charge is 0.186 e. The summed E-state index contributed by atoms with van der Waals surface area (Å²) in [5.74, 6) is -0.660. The van der Waals surface area contributed by atoms with Crippen LogP contribution in [-0.4, -0.2) is 42.1 Å². The molecule has 1 fully saturated rings. The van der Waals surface area contributed by atoms with Gasteiger partial charge in [0.05, 0.1) is 30.3 Å². The molecule has 0 radical (unpaired) electrons. The van der Waals surface area contributed by atoms with Gasteiger partial charge in [-0.15, -0.1) is 11.3 Å². The highest BCUT2D eigenvalue weighted by Crippen LogP contribution is 2.23. The predicted octanol–water partition coefficient (Wildman–Crippen LogP) is 4.08. The molecular weight excluding hydrogens is 377 g/mol. The molecule has 0 bridgehead atoms. The first-order valence-corrected chi connectivity index (χ1v) is 9.80. The minimum absolute atomic E-state index is 0.264. The summed E-state index contributed by atoms with van der Waals surface area (Å²) < 4.78 is 19.8. The van der Waals surface area contributed by atoms with Crippen molar-refractivity contribution < 1.29 is 13.9 Å². The fraction of sp³-hybridized carbons (Fsp3) is 0.190. The van der Waals surface area contributed by atoms with Crippen molar-refractivity contribution in [2.75, 3.05) is 31.2 Å². The average Bonchev–Trinajstić information content (AvgIpc) is 3.22. The third-order valence-corrected chi connectivity index (χ3v) is 5.28. The van der Waals surface area contributed by atoms with Crippen LogP contribution in [0, 0.1) is 5.82 Å². The van der Waals surface area contributed by atoms with E-state index in [1.54, 1.807) is 24.4 Å². The number of rotatable bonds is 5. The van der Waals surface area contributed by atoms with Crippen molar-refractivity contribution in [3.05, 3.63) is 71.1 Å². The van der Waals surface area contributed by atoms with Crippen LogP contribution in [0.2, 0.25) is 0 Å². The fourth-order valence-electron chi connectivity index (χ4n) is 2.95. The summed E-state index contributed by atoms with van der Waals surface area (Å²) in [6, 6.07) is 10.2. The van der Waals surface area contributed by atoms with Crippen molar-refractivity contribution in [3.8, 4) is 10.7 Å². The molecule has 0 spiro atoms. The summed E-state index contributed by atoms with van der Waals surface area (Å²) in [5.41, 5.74) is 2.28. The standard InChI is InChI=1S/C21H18FN3O2S/c22-17-13-15(4-6-19(17)25-9-11-27-12-10-25)20(26)7-5-16-14-28-21(24-16)18-3-1-2-8-23-18/h1-8,13-14H,9-12H2/b7-5+. The van der Waals surface area contributed by atoms with Crippen molar-refractivity contribution in [1.29, 1.82) is 0 Å². The molecule has 142 valence electrons. The summed E-state index contributed by atoms with van der Waals surface area (Å²) in [7, 11) is 0. The van der Waals surface area contributed by atoms with Crippen LogP contribution in [0.5, 0.6) is 0 Å². The zero-order valence-electron chi connectivity index (χ0n) is 15.0. The van der Waals surface area contributed by atoms with E-state index in [1.807, 2.05) is 28.5 Å². The van der Waals surface area contributed by atoms with Gasteiger partial charge < -0.3 is 9.64 Å². The van der Waals surface area contributed by atoms with Crippen molar-refractivity contribution >= 4 is 28.9 Å². The van der Waals surface area contributed by atoms with Gasteiger partial charge in [0.2, 0.25) is 0 Å². The van der Waals surface area contributed by atoms with Crippen LogP contribution in [-0.2, 0) is 4.74 Å². The molecular formula is C21H18FN3O2S. The van der Waals surface area contributed by atoms with Gasteiger partial charge in [0.25, 0.3) is 0 Å². The number of hydrogen-bond acceptors (Lipinski definition) is 6. The van der Waals surface area contributed by atoms with E-state index >= 15 is 0 Å². The molecule has 3 aromatic rings. The number of ether oxygens (including phenoxy) is 1. The molecule has 0 atom stereocenters. The third-order valence-electron chi connectivity index (χ3n) is 4.40. The quantitative estimate of drug-likeness (QED) is 0.481. The fourth-order valence-corrected chi connectivity index (χ4v) is 3.71. The Morgan fingerprint density at radius 3 is 2.82 bits per heavy atom. The van der Waals surface area contributed by atoms with E-state index in [0.717, 1.165) is 10.7 Å². The molecule has 1 saturated heterocycles. The van der Waals surface area contributed by atoms with Crippen molar-refractivity contribution in [2.45, 2.75) is 0 Å². The summed E-state index contributed by atoms with van der Waals surface area (Å²) in [6.07, 6.45) is 4.77. The third kappa shape index (κ3) is 4.16. The van der Waals surface area contributed by atoms with Crippen molar-refractivity contribution in [1.82, 2.24) is 9.97 Å². The SMILES string of the molecule is O=C(/C=C/c1csc(-c2ccccn2)n1)c1ccc(N2CCOCC2)c(F)c1. The predicted molar refractivity (Wildman–Crippen MR) is 108 cm³/mol. The number of pyridine rings is 1. The van der Waals surface area contributed by atoms with Crippen LogP contribution < -0.4 is 4.90 Å². The molecule has 0 saturated carbocycles. The Morgan fingerprint density at radius 1 is 1.21 bits per heavy atom. The number of allylic oxidation sites excluding steroid dienone is 1. The van der Waals surface area contributed by atoms with Gasteiger partial charge in [-0.05, 0) is 42.5 Å². The minimum Gasteiger partial charge on any atom is -0.378 e. The number of morpholine rings is 1. The highest BCUT2D eigenvalue weighted by Gasteiger charge is 2.16. The lowest BCUT2D eigenvalue weighted by Gasteiger charge is -2.29. The zero-order valence-corrected chi connectivity index (χ0v) is 15.9. The molecule has 0 N–H and O–H groups in total. The number of nitrogens with zero attached hydrogens (tertiary/aromatic N) is 3. The lowest BCUT2D eigenvalue weighted by Crippen LogP contribution is -2.36. The number of anilines is 1. The maximum atomic E-state index is 14.5. The van der Waals surface area contributed by atoms with E-state index in [9.17, 15) is 9.18 Å². The van der Waals surface area contributed by atoms with Gasteiger partial charge in [-0.1, -0.05) is 6.07 Å². The Bertz CT molecular complexity index is 998. The van der Waals surface area contributed by atoms with E-state index < -0.39 is 5.82 Å². The number of carbonyl (C=O) groups is 1. The maximum absolute atomic E-state index is 14.5. The number of carbonyl (C=O) groups excluding carboxylic acids is 1. The summed E-state index contributed by atoms with van der Waals surface area (Å²) >= 11 is 1.46. The first-order chi connectivity index (χ1) is 13.7. The molecule has 28 heavy (non-hydrogen) atoms. The Morgan fingerprint density at radius 2 is 2.07 bits per heavy atom. The largest absolute Gasteiger partial charge is 0.378 e. The normalized spacial score (nSPS) is 14.5. The number of thiazole rings is 1. The van der Waals surface area contributed by atoms with E-state index in [0.29, 0.717) is 43.2 Å². The minimum atomic E-state index is -0.396. The molecule has 0 amide bonds.